The van der Waals surface area contributed by atoms with Crippen molar-refractivity contribution >= 4 is 0 Å². The van der Waals surface area contributed by atoms with Crippen LogP contribution in [0.5, 0.6) is 0 Å². The first kappa shape index (κ1) is 22.0. The van der Waals surface area contributed by atoms with Gasteiger partial charge in [0, 0.05) is 25.8 Å². The molecule has 0 aromatic heterocycles. The van der Waals surface area contributed by atoms with Gasteiger partial charge in [0.1, 0.15) is 6.23 Å². The third-order valence-corrected chi connectivity index (χ3v) is 7.17. The Bertz CT molecular complexity index is 938. The normalized spacial score (nSPS) is 20.1. The number of nitriles is 1. The van der Waals surface area contributed by atoms with Gasteiger partial charge in [0.2, 0.25) is 0 Å². The summed E-state index contributed by atoms with van der Waals surface area (Å²) in [5, 5.41) is 30.6. The van der Waals surface area contributed by atoms with Crippen LogP contribution in [0.25, 0.3) is 0 Å². The van der Waals surface area contributed by atoms with Gasteiger partial charge in [-0.15, -0.1) is 0 Å². The van der Waals surface area contributed by atoms with E-state index in [1.807, 2.05) is 25.1 Å². The second-order valence-electron chi connectivity index (χ2n) is 8.97. The molecule has 0 bridgehead atoms. The molecule has 2 fully saturated rings. The highest BCUT2D eigenvalue weighted by molar-refractivity contribution is 5.42. The Hall–Kier alpha value is -2.23. The van der Waals surface area contributed by atoms with Gasteiger partial charge in [-0.2, -0.15) is 5.26 Å². The Kier molecular flexibility index (Phi) is 6.74. The minimum absolute atomic E-state index is 0.448. The van der Waals surface area contributed by atoms with Crippen LogP contribution in [0.2, 0.25) is 0 Å². The van der Waals surface area contributed by atoms with Crippen molar-refractivity contribution in [1.29, 1.82) is 5.26 Å². The lowest BCUT2D eigenvalue weighted by molar-refractivity contribution is -0.0782. The van der Waals surface area contributed by atoms with Crippen LogP contribution in [-0.2, 0) is 4.74 Å². The maximum Gasteiger partial charge on any atom is 0.181 e. The molecule has 2 aromatic rings. The molecule has 1 heterocycles. The SMILES string of the molecule is COC(O)c1cc(C(O)N2CCC(c3ccc(C#N)cc3)CC2)c(C)cc1C1CCC1. The summed E-state index contributed by atoms with van der Waals surface area (Å²) < 4.78 is 5.24. The van der Waals surface area contributed by atoms with Gasteiger partial charge in [0.15, 0.2) is 6.29 Å². The lowest BCUT2D eigenvalue weighted by Crippen LogP contribution is -2.36. The Morgan fingerprint density at radius 1 is 1.00 bits per heavy atom. The number of ether oxygens (including phenoxy) is 1. The van der Waals surface area contributed by atoms with Crippen molar-refractivity contribution in [3.05, 3.63) is 69.8 Å². The van der Waals surface area contributed by atoms with Gasteiger partial charge < -0.3 is 14.9 Å². The third-order valence-electron chi connectivity index (χ3n) is 7.17. The zero-order valence-electron chi connectivity index (χ0n) is 18.4. The summed E-state index contributed by atoms with van der Waals surface area (Å²) in [6.45, 7) is 3.66. The number of methoxy groups -OCH3 is 1. The summed E-state index contributed by atoms with van der Waals surface area (Å²) in [6, 6.07) is 14.1. The summed E-state index contributed by atoms with van der Waals surface area (Å²) in [4.78, 5) is 2.12. The molecule has 31 heavy (non-hydrogen) atoms. The Morgan fingerprint density at radius 3 is 2.23 bits per heavy atom. The van der Waals surface area contributed by atoms with E-state index in [4.69, 9.17) is 10.00 Å². The van der Waals surface area contributed by atoms with Crippen molar-refractivity contribution in [3.63, 3.8) is 0 Å². The first-order chi connectivity index (χ1) is 15.0. The zero-order valence-corrected chi connectivity index (χ0v) is 18.4. The van der Waals surface area contributed by atoms with Crippen LogP contribution in [0, 0.1) is 18.3 Å². The van der Waals surface area contributed by atoms with Crippen molar-refractivity contribution in [3.8, 4) is 6.07 Å². The van der Waals surface area contributed by atoms with Gasteiger partial charge in [-0.25, -0.2) is 0 Å². The van der Waals surface area contributed by atoms with E-state index in [9.17, 15) is 10.2 Å². The number of hydrogen-bond acceptors (Lipinski definition) is 5. The van der Waals surface area contributed by atoms with Gasteiger partial charge in [-0.1, -0.05) is 24.6 Å². The molecule has 2 aromatic carbocycles. The molecule has 164 valence electrons. The van der Waals surface area contributed by atoms with Crippen molar-refractivity contribution in [1.82, 2.24) is 4.90 Å². The van der Waals surface area contributed by atoms with E-state index < -0.39 is 12.5 Å². The van der Waals surface area contributed by atoms with Gasteiger partial charge >= 0.3 is 0 Å². The van der Waals surface area contributed by atoms with E-state index in [-0.39, 0.29) is 0 Å². The molecule has 1 aliphatic carbocycles. The monoisotopic (exact) mass is 420 g/mol. The molecule has 2 aliphatic rings. The van der Waals surface area contributed by atoms with Crippen molar-refractivity contribution < 1.29 is 14.9 Å². The molecule has 0 spiro atoms. The van der Waals surface area contributed by atoms with E-state index in [0.29, 0.717) is 17.4 Å². The number of piperidine rings is 1. The molecule has 1 aliphatic heterocycles. The number of rotatable bonds is 6. The van der Waals surface area contributed by atoms with Gasteiger partial charge in [-0.3, -0.25) is 4.90 Å². The molecule has 1 saturated heterocycles. The zero-order chi connectivity index (χ0) is 22.0. The second kappa shape index (κ2) is 9.50. The summed E-state index contributed by atoms with van der Waals surface area (Å²) in [7, 11) is 1.51. The maximum atomic E-state index is 11.2. The molecule has 2 atom stereocenters. The summed E-state index contributed by atoms with van der Waals surface area (Å²) >= 11 is 0. The minimum atomic E-state index is -0.968. The van der Waals surface area contributed by atoms with Crippen LogP contribution < -0.4 is 0 Å². The van der Waals surface area contributed by atoms with E-state index >= 15 is 0 Å². The number of hydrogen-bond donors (Lipinski definition) is 2. The molecule has 1 saturated carbocycles. The number of likely N-dealkylation sites (tertiary alicyclic amines) is 1. The Balaban J connectivity index is 1.49. The van der Waals surface area contributed by atoms with E-state index in [0.717, 1.165) is 61.0 Å². The second-order valence-corrected chi connectivity index (χ2v) is 8.97. The van der Waals surface area contributed by atoms with Crippen molar-refractivity contribution in [2.24, 2.45) is 0 Å². The van der Waals surface area contributed by atoms with Crippen LogP contribution in [-0.4, -0.2) is 35.3 Å². The lowest BCUT2D eigenvalue weighted by Gasteiger charge is -2.37. The van der Waals surface area contributed by atoms with Crippen LogP contribution in [0.4, 0.5) is 0 Å². The third kappa shape index (κ3) is 4.53. The van der Waals surface area contributed by atoms with Gasteiger partial charge in [0.05, 0.1) is 11.6 Å². The van der Waals surface area contributed by atoms with Crippen molar-refractivity contribution in [2.75, 3.05) is 20.2 Å². The smallest absolute Gasteiger partial charge is 0.181 e. The summed E-state index contributed by atoms with van der Waals surface area (Å²) in [5.74, 6) is 0.928. The topological polar surface area (TPSA) is 76.7 Å². The summed E-state index contributed by atoms with van der Waals surface area (Å²) in [6.07, 6.45) is 3.79. The number of benzene rings is 2. The van der Waals surface area contributed by atoms with Gasteiger partial charge in [-0.05, 0) is 84.9 Å². The molecule has 0 radical (unpaired) electrons. The summed E-state index contributed by atoms with van der Waals surface area (Å²) in [5.41, 5.74) is 5.82. The van der Waals surface area contributed by atoms with Crippen LogP contribution in [0.15, 0.2) is 36.4 Å². The fourth-order valence-corrected chi connectivity index (χ4v) is 4.96. The van der Waals surface area contributed by atoms with E-state index in [1.165, 1.54) is 19.1 Å². The lowest BCUT2D eigenvalue weighted by atomic mass is 9.77. The molecule has 0 amide bonds. The van der Waals surface area contributed by atoms with E-state index in [1.54, 1.807) is 0 Å². The molecule has 2 N–H and O–H groups in total. The Labute approximate surface area is 184 Å². The number of nitrogens with zero attached hydrogens (tertiary/aromatic N) is 2. The highest BCUT2D eigenvalue weighted by Crippen LogP contribution is 2.42. The average molecular weight is 421 g/mol. The number of aryl methyl sites for hydroxylation is 1. The average Bonchev–Trinajstić information content (AvgIpc) is 2.77. The molecule has 2 unspecified atom stereocenters. The van der Waals surface area contributed by atoms with Crippen LogP contribution >= 0.6 is 0 Å². The highest BCUT2D eigenvalue weighted by Gasteiger charge is 2.30. The van der Waals surface area contributed by atoms with Crippen molar-refractivity contribution in [2.45, 2.75) is 63.4 Å². The first-order valence-electron chi connectivity index (χ1n) is 11.3. The first-order valence-corrected chi connectivity index (χ1v) is 11.3. The number of aliphatic hydroxyl groups is 2. The molecule has 4 rings (SSSR count). The van der Waals surface area contributed by atoms with Crippen LogP contribution in [0.3, 0.4) is 0 Å². The standard InChI is InChI=1S/C26H32N2O3/c1-17-14-23(21-4-3-5-21)24(26(30)31-2)15-22(17)25(29)28-12-10-20(11-13-28)19-8-6-18(16-27)7-9-19/h6-9,14-15,20-21,25-26,29-30H,3-5,10-13H2,1-2H3. The van der Waals surface area contributed by atoms with Crippen LogP contribution in [0.1, 0.15) is 89.8 Å². The highest BCUT2D eigenvalue weighted by atomic mass is 16.6. The fraction of sp³-hybridized carbons (Fsp3) is 0.500. The Morgan fingerprint density at radius 2 is 1.68 bits per heavy atom. The van der Waals surface area contributed by atoms with E-state index in [2.05, 4.69) is 29.2 Å². The predicted octanol–water partition coefficient (Wildman–Crippen LogP) is 4.64. The molecule has 5 heteroatoms. The van der Waals surface area contributed by atoms with Gasteiger partial charge in [0.25, 0.3) is 0 Å². The minimum Gasteiger partial charge on any atom is -0.374 e. The maximum absolute atomic E-state index is 11.2. The largest absolute Gasteiger partial charge is 0.374 e. The predicted molar refractivity (Wildman–Crippen MR) is 119 cm³/mol. The quantitative estimate of drug-likeness (QED) is 0.666. The fourth-order valence-electron chi connectivity index (χ4n) is 4.96. The number of aliphatic hydroxyl groups excluding tert-OH is 2. The molecule has 5 nitrogen and oxygen atoms in total. The molecular formula is C26H32N2O3. The molecular weight excluding hydrogens is 388 g/mol.